The van der Waals surface area contributed by atoms with Crippen LogP contribution in [0, 0.1) is 10.1 Å². The molecule has 0 aliphatic carbocycles. The average Bonchev–Trinajstić information content (AvgIpc) is 2.59. The lowest BCUT2D eigenvalue weighted by molar-refractivity contribution is -0.384. The largest absolute Gasteiger partial charge is 0.345 e. The molecule has 0 aliphatic rings. The van der Waals surface area contributed by atoms with E-state index in [1.165, 1.54) is 24.3 Å². The summed E-state index contributed by atoms with van der Waals surface area (Å²) >= 11 is 5.75. The minimum absolute atomic E-state index is 0.0463. The van der Waals surface area contributed by atoms with E-state index in [9.17, 15) is 23.3 Å². The molecule has 0 saturated heterocycles. The first-order valence-electron chi connectivity index (χ1n) is 7.68. The van der Waals surface area contributed by atoms with Crippen molar-refractivity contribution in [3.05, 3.63) is 68.7 Å². The number of nitro groups is 1. The van der Waals surface area contributed by atoms with Gasteiger partial charge in [-0.05, 0) is 36.2 Å². The van der Waals surface area contributed by atoms with Gasteiger partial charge in [-0.15, -0.1) is 0 Å². The van der Waals surface area contributed by atoms with Crippen molar-refractivity contribution in [2.24, 2.45) is 0 Å². The van der Waals surface area contributed by atoms with Crippen LogP contribution in [0.4, 0.5) is 5.69 Å². The van der Waals surface area contributed by atoms with Crippen molar-refractivity contribution in [1.29, 1.82) is 0 Å². The minimum Gasteiger partial charge on any atom is -0.345 e. The zero-order chi connectivity index (χ0) is 19.5. The Morgan fingerprint density at radius 3 is 2.35 bits per heavy atom. The van der Waals surface area contributed by atoms with Crippen molar-refractivity contribution in [3.63, 3.8) is 0 Å². The summed E-state index contributed by atoms with van der Waals surface area (Å²) in [6.45, 7) is 1.86. The van der Waals surface area contributed by atoms with Crippen molar-refractivity contribution in [2.75, 3.05) is 6.26 Å². The third-order valence-corrected chi connectivity index (χ3v) is 5.28. The number of halogens is 1. The lowest BCUT2D eigenvalue weighted by Crippen LogP contribution is -2.28. The fourth-order valence-corrected chi connectivity index (χ4v) is 3.22. The number of carbonyl (C=O) groups is 1. The van der Waals surface area contributed by atoms with E-state index in [0.717, 1.165) is 17.9 Å². The Morgan fingerprint density at radius 1 is 1.23 bits per heavy atom. The molecule has 0 heterocycles. The SMILES string of the molecule is CCC(NC(=O)c1ccc(Cl)c([N+](=O)[O-])c1)c1ccc(S(C)(=O)=O)cc1. The van der Waals surface area contributed by atoms with Crippen LogP contribution < -0.4 is 5.32 Å². The summed E-state index contributed by atoms with van der Waals surface area (Å²) in [5.41, 5.74) is 0.508. The molecule has 1 N–H and O–H groups in total. The summed E-state index contributed by atoms with van der Waals surface area (Å²) in [6, 6.07) is 9.69. The molecule has 0 aliphatic heterocycles. The van der Waals surface area contributed by atoms with E-state index in [2.05, 4.69) is 5.32 Å². The Kier molecular flexibility index (Phi) is 5.99. The number of sulfone groups is 1. The van der Waals surface area contributed by atoms with E-state index in [0.29, 0.717) is 6.42 Å². The molecule has 0 saturated carbocycles. The molecular formula is C17H17ClN2O5S. The first kappa shape index (κ1) is 19.9. The molecule has 1 atom stereocenters. The van der Waals surface area contributed by atoms with Crippen molar-refractivity contribution in [1.82, 2.24) is 5.32 Å². The summed E-state index contributed by atoms with van der Waals surface area (Å²) in [5.74, 6) is -0.483. The van der Waals surface area contributed by atoms with E-state index < -0.39 is 20.7 Å². The molecule has 2 aromatic rings. The molecule has 0 fully saturated rings. The molecule has 26 heavy (non-hydrogen) atoms. The first-order chi connectivity index (χ1) is 12.1. The van der Waals surface area contributed by atoms with Crippen LogP contribution in [0.15, 0.2) is 47.4 Å². The fraction of sp³-hybridized carbons (Fsp3) is 0.235. The lowest BCUT2D eigenvalue weighted by atomic mass is 10.0. The summed E-state index contributed by atoms with van der Waals surface area (Å²) in [4.78, 5) is 22.9. The monoisotopic (exact) mass is 396 g/mol. The van der Waals surface area contributed by atoms with Gasteiger partial charge in [0.2, 0.25) is 0 Å². The second-order valence-corrected chi connectivity index (χ2v) is 8.12. The van der Waals surface area contributed by atoms with Gasteiger partial charge in [-0.1, -0.05) is 30.7 Å². The second-order valence-electron chi connectivity index (χ2n) is 5.70. The van der Waals surface area contributed by atoms with Crippen LogP contribution in [0.25, 0.3) is 0 Å². The summed E-state index contributed by atoms with van der Waals surface area (Å²) in [7, 11) is -3.30. The highest BCUT2D eigenvalue weighted by molar-refractivity contribution is 7.90. The zero-order valence-electron chi connectivity index (χ0n) is 14.1. The maximum Gasteiger partial charge on any atom is 0.288 e. The molecule has 0 radical (unpaired) electrons. The molecule has 1 unspecified atom stereocenters. The quantitative estimate of drug-likeness (QED) is 0.593. The Balaban J connectivity index is 2.23. The van der Waals surface area contributed by atoms with Crippen LogP contribution in [0.3, 0.4) is 0 Å². The average molecular weight is 397 g/mol. The van der Waals surface area contributed by atoms with Gasteiger partial charge in [0.05, 0.1) is 15.9 Å². The van der Waals surface area contributed by atoms with Crippen LogP contribution in [0.1, 0.15) is 35.3 Å². The van der Waals surface area contributed by atoms with Gasteiger partial charge < -0.3 is 5.32 Å². The van der Waals surface area contributed by atoms with Gasteiger partial charge in [0.25, 0.3) is 11.6 Å². The van der Waals surface area contributed by atoms with Crippen LogP contribution in [0.5, 0.6) is 0 Å². The van der Waals surface area contributed by atoms with Gasteiger partial charge in [0, 0.05) is 17.9 Å². The zero-order valence-corrected chi connectivity index (χ0v) is 15.7. The molecule has 9 heteroatoms. The first-order valence-corrected chi connectivity index (χ1v) is 9.95. The fourth-order valence-electron chi connectivity index (χ4n) is 2.40. The number of nitrogens with one attached hydrogen (secondary N) is 1. The number of amides is 1. The summed E-state index contributed by atoms with van der Waals surface area (Å²) < 4.78 is 23.1. The predicted molar refractivity (Wildman–Crippen MR) is 98.2 cm³/mol. The highest BCUT2D eigenvalue weighted by Crippen LogP contribution is 2.26. The maximum absolute atomic E-state index is 12.4. The molecule has 7 nitrogen and oxygen atoms in total. The smallest absolute Gasteiger partial charge is 0.288 e. The van der Waals surface area contributed by atoms with Gasteiger partial charge in [-0.25, -0.2) is 8.42 Å². The number of rotatable bonds is 6. The number of hydrogen-bond acceptors (Lipinski definition) is 5. The molecule has 0 spiro atoms. The topological polar surface area (TPSA) is 106 Å². The van der Waals surface area contributed by atoms with E-state index in [1.54, 1.807) is 12.1 Å². The van der Waals surface area contributed by atoms with Gasteiger partial charge in [0.1, 0.15) is 5.02 Å². The third-order valence-electron chi connectivity index (χ3n) is 3.83. The standard InChI is InChI=1S/C17H17ClN2O5S/c1-3-15(11-4-7-13(8-5-11)26(2,24)25)19-17(21)12-6-9-14(18)16(10-12)20(22)23/h4-10,15H,3H2,1-2H3,(H,19,21). The Hall–Kier alpha value is -2.45. The highest BCUT2D eigenvalue weighted by Gasteiger charge is 2.19. The molecule has 0 bridgehead atoms. The minimum atomic E-state index is -3.30. The Labute approximate surface area is 156 Å². The van der Waals surface area contributed by atoms with Gasteiger partial charge in [-0.2, -0.15) is 0 Å². The third kappa shape index (κ3) is 4.59. The molecular weight excluding hydrogens is 380 g/mol. The van der Waals surface area contributed by atoms with Crippen LogP contribution >= 0.6 is 11.6 Å². The van der Waals surface area contributed by atoms with Gasteiger partial charge >= 0.3 is 0 Å². The number of nitro benzene ring substituents is 1. The van der Waals surface area contributed by atoms with Crippen molar-refractivity contribution >= 4 is 33.0 Å². The van der Waals surface area contributed by atoms with E-state index in [-0.39, 0.29) is 27.2 Å². The predicted octanol–water partition coefficient (Wildman–Crippen LogP) is 3.53. The molecule has 2 rings (SSSR count). The summed E-state index contributed by atoms with van der Waals surface area (Å²) in [6.07, 6.45) is 1.67. The number of carbonyl (C=O) groups excluding carboxylic acids is 1. The molecule has 138 valence electrons. The van der Waals surface area contributed by atoms with Gasteiger partial charge in [-0.3, -0.25) is 14.9 Å². The Morgan fingerprint density at radius 2 is 1.85 bits per heavy atom. The van der Waals surface area contributed by atoms with Crippen molar-refractivity contribution in [3.8, 4) is 0 Å². The number of nitrogens with zero attached hydrogens (tertiary/aromatic N) is 1. The summed E-state index contributed by atoms with van der Waals surface area (Å²) in [5, 5.41) is 13.7. The molecule has 1 amide bonds. The Bertz CT molecular complexity index is 942. The van der Waals surface area contributed by atoms with Crippen molar-refractivity contribution < 1.29 is 18.1 Å². The maximum atomic E-state index is 12.4. The van der Waals surface area contributed by atoms with E-state index >= 15 is 0 Å². The van der Waals surface area contributed by atoms with Crippen molar-refractivity contribution in [2.45, 2.75) is 24.3 Å². The lowest BCUT2D eigenvalue weighted by Gasteiger charge is -2.18. The van der Waals surface area contributed by atoms with E-state index in [1.807, 2.05) is 6.92 Å². The van der Waals surface area contributed by atoms with Gasteiger partial charge in [0.15, 0.2) is 9.84 Å². The normalized spacial score (nSPS) is 12.4. The number of benzene rings is 2. The van der Waals surface area contributed by atoms with Crippen LogP contribution in [-0.4, -0.2) is 25.5 Å². The highest BCUT2D eigenvalue weighted by atomic mass is 35.5. The number of hydrogen-bond donors (Lipinski definition) is 1. The molecule has 2 aromatic carbocycles. The second kappa shape index (κ2) is 7.84. The van der Waals surface area contributed by atoms with Crippen LogP contribution in [-0.2, 0) is 9.84 Å². The van der Waals surface area contributed by atoms with Crippen LogP contribution in [0.2, 0.25) is 5.02 Å². The van der Waals surface area contributed by atoms with E-state index in [4.69, 9.17) is 11.6 Å². The molecule has 0 aromatic heterocycles.